The summed E-state index contributed by atoms with van der Waals surface area (Å²) in [6, 6.07) is 3.75. The van der Waals surface area contributed by atoms with E-state index in [2.05, 4.69) is 9.84 Å². The summed E-state index contributed by atoms with van der Waals surface area (Å²) in [4.78, 5) is 25.1. The Morgan fingerprint density at radius 3 is 2.62 bits per heavy atom. The molecule has 0 aliphatic carbocycles. The third-order valence-corrected chi connectivity index (χ3v) is 3.21. The first-order valence-electron chi connectivity index (χ1n) is 6.52. The number of esters is 1. The van der Waals surface area contributed by atoms with Gasteiger partial charge in [0.05, 0.1) is 19.7 Å². The minimum atomic E-state index is -0.341. The van der Waals surface area contributed by atoms with E-state index in [1.165, 1.54) is 18.2 Å². The Morgan fingerprint density at radius 1 is 1.33 bits per heavy atom. The lowest BCUT2D eigenvalue weighted by Crippen LogP contribution is -2.30. The van der Waals surface area contributed by atoms with Crippen molar-refractivity contribution >= 4 is 11.9 Å². The largest absolute Gasteiger partial charge is 0.469 e. The first-order valence-corrected chi connectivity index (χ1v) is 6.52. The van der Waals surface area contributed by atoms with Crippen molar-refractivity contribution in [2.24, 2.45) is 7.05 Å². The van der Waals surface area contributed by atoms with Crippen molar-refractivity contribution in [3.63, 3.8) is 0 Å². The zero-order valence-corrected chi connectivity index (χ0v) is 12.3. The standard InChI is InChI=1S/C14H18N4O3/c1-16(9-6-12(19)21-3)14(20)11-10-15-17(2)13(11)18-7-4-5-8-18/h4-5,7-8,10H,6,9H2,1-3H3. The fourth-order valence-electron chi connectivity index (χ4n) is 2.03. The minimum Gasteiger partial charge on any atom is -0.469 e. The molecule has 2 aromatic rings. The maximum absolute atomic E-state index is 12.5. The minimum absolute atomic E-state index is 0.165. The Morgan fingerprint density at radius 2 is 2.00 bits per heavy atom. The molecule has 0 aliphatic heterocycles. The Bertz CT molecular complexity index is 631. The lowest BCUT2D eigenvalue weighted by molar-refractivity contribution is -0.140. The number of hydrogen-bond donors (Lipinski definition) is 0. The monoisotopic (exact) mass is 290 g/mol. The van der Waals surface area contributed by atoms with Gasteiger partial charge in [-0.05, 0) is 12.1 Å². The fraction of sp³-hybridized carbons (Fsp3) is 0.357. The second-order valence-electron chi connectivity index (χ2n) is 4.65. The summed E-state index contributed by atoms with van der Waals surface area (Å²) in [5, 5.41) is 4.14. The van der Waals surface area contributed by atoms with Gasteiger partial charge in [-0.25, -0.2) is 0 Å². The van der Waals surface area contributed by atoms with Crippen LogP contribution in [0.3, 0.4) is 0 Å². The van der Waals surface area contributed by atoms with Crippen LogP contribution in [0.25, 0.3) is 5.82 Å². The number of hydrogen-bond acceptors (Lipinski definition) is 4. The lowest BCUT2D eigenvalue weighted by Gasteiger charge is -2.17. The number of carbonyl (C=O) groups excluding carboxylic acids is 2. The average molecular weight is 290 g/mol. The van der Waals surface area contributed by atoms with Gasteiger partial charge >= 0.3 is 5.97 Å². The maximum atomic E-state index is 12.5. The summed E-state index contributed by atoms with van der Waals surface area (Å²) >= 11 is 0. The number of rotatable bonds is 5. The van der Waals surface area contributed by atoms with Crippen molar-refractivity contribution in [2.75, 3.05) is 20.7 Å². The highest BCUT2D eigenvalue weighted by molar-refractivity contribution is 5.97. The van der Waals surface area contributed by atoms with Gasteiger partial charge in [0.1, 0.15) is 11.4 Å². The number of ether oxygens (including phenoxy) is 1. The van der Waals surface area contributed by atoms with E-state index < -0.39 is 0 Å². The molecule has 7 heteroatoms. The van der Waals surface area contributed by atoms with E-state index in [4.69, 9.17) is 0 Å². The van der Waals surface area contributed by atoms with Crippen LogP contribution in [0.15, 0.2) is 30.7 Å². The van der Waals surface area contributed by atoms with Crippen molar-refractivity contribution in [3.8, 4) is 5.82 Å². The van der Waals surface area contributed by atoms with Gasteiger partial charge in [-0.2, -0.15) is 5.10 Å². The van der Waals surface area contributed by atoms with Crippen LogP contribution < -0.4 is 0 Å². The normalized spacial score (nSPS) is 10.4. The number of aromatic nitrogens is 3. The first-order chi connectivity index (χ1) is 10.0. The topological polar surface area (TPSA) is 69.4 Å². The van der Waals surface area contributed by atoms with Gasteiger partial charge in [-0.15, -0.1) is 0 Å². The van der Waals surface area contributed by atoms with Crippen molar-refractivity contribution in [2.45, 2.75) is 6.42 Å². The molecule has 0 spiro atoms. The van der Waals surface area contributed by atoms with Gasteiger partial charge < -0.3 is 14.2 Å². The lowest BCUT2D eigenvalue weighted by atomic mass is 10.2. The van der Waals surface area contributed by atoms with Crippen LogP contribution in [0.5, 0.6) is 0 Å². The van der Waals surface area contributed by atoms with Crippen LogP contribution in [0.2, 0.25) is 0 Å². The molecule has 0 bridgehead atoms. The van der Waals surface area contributed by atoms with E-state index in [0.717, 1.165) is 0 Å². The quantitative estimate of drug-likeness (QED) is 0.765. The van der Waals surface area contributed by atoms with E-state index in [9.17, 15) is 9.59 Å². The Hall–Kier alpha value is -2.57. The van der Waals surface area contributed by atoms with Crippen molar-refractivity contribution in [3.05, 3.63) is 36.3 Å². The highest BCUT2D eigenvalue weighted by Gasteiger charge is 2.21. The van der Waals surface area contributed by atoms with Gasteiger partial charge in [0.2, 0.25) is 0 Å². The number of nitrogens with zero attached hydrogens (tertiary/aromatic N) is 4. The van der Waals surface area contributed by atoms with E-state index in [1.54, 1.807) is 18.8 Å². The summed E-state index contributed by atoms with van der Waals surface area (Å²) in [6.07, 6.45) is 5.40. The Labute approximate surface area is 122 Å². The maximum Gasteiger partial charge on any atom is 0.307 e. The SMILES string of the molecule is COC(=O)CCN(C)C(=O)c1cnn(C)c1-n1cccc1. The first kappa shape index (κ1) is 14.8. The highest BCUT2D eigenvalue weighted by Crippen LogP contribution is 2.15. The zero-order valence-electron chi connectivity index (χ0n) is 12.3. The molecular weight excluding hydrogens is 272 g/mol. The molecule has 0 atom stereocenters. The number of carbonyl (C=O) groups is 2. The molecular formula is C14H18N4O3. The molecule has 0 N–H and O–H groups in total. The van der Waals surface area contributed by atoms with Gasteiger partial charge in [0.25, 0.3) is 5.91 Å². The molecule has 2 rings (SSSR count). The van der Waals surface area contributed by atoms with Crippen LogP contribution in [0.4, 0.5) is 0 Å². The van der Waals surface area contributed by atoms with E-state index in [1.807, 2.05) is 29.1 Å². The summed E-state index contributed by atoms with van der Waals surface area (Å²) < 4.78 is 8.04. The average Bonchev–Trinajstić information content (AvgIpc) is 3.12. The molecule has 0 saturated carbocycles. The summed E-state index contributed by atoms with van der Waals surface area (Å²) in [6.45, 7) is 0.297. The summed E-state index contributed by atoms with van der Waals surface area (Å²) in [5.74, 6) is 0.164. The third kappa shape index (κ3) is 3.13. The molecule has 7 nitrogen and oxygen atoms in total. The van der Waals surface area contributed by atoms with Crippen LogP contribution in [-0.2, 0) is 16.6 Å². The predicted octanol–water partition coefficient (Wildman–Crippen LogP) is 0.846. The Balaban J connectivity index is 2.18. The number of methoxy groups -OCH3 is 1. The molecule has 0 aromatic carbocycles. The van der Waals surface area contributed by atoms with Gasteiger partial charge in [-0.3, -0.25) is 14.3 Å². The highest BCUT2D eigenvalue weighted by atomic mass is 16.5. The van der Waals surface area contributed by atoms with Crippen LogP contribution in [0, 0.1) is 0 Å². The Kier molecular flexibility index (Phi) is 4.42. The van der Waals surface area contributed by atoms with E-state index in [0.29, 0.717) is 17.9 Å². The van der Waals surface area contributed by atoms with Crippen LogP contribution in [0.1, 0.15) is 16.8 Å². The van der Waals surface area contributed by atoms with Crippen molar-refractivity contribution < 1.29 is 14.3 Å². The van der Waals surface area contributed by atoms with Gasteiger partial charge in [0.15, 0.2) is 0 Å². The molecule has 0 aliphatic rings. The molecule has 1 amide bonds. The number of amides is 1. The summed E-state index contributed by atoms with van der Waals surface area (Å²) in [5.41, 5.74) is 0.487. The zero-order chi connectivity index (χ0) is 15.4. The third-order valence-electron chi connectivity index (χ3n) is 3.21. The predicted molar refractivity (Wildman–Crippen MR) is 76.1 cm³/mol. The van der Waals surface area contributed by atoms with Crippen LogP contribution >= 0.6 is 0 Å². The molecule has 0 radical (unpaired) electrons. The fourth-order valence-corrected chi connectivity index (χ4v) is 2.03. The molecule has 2 heterocycles. The van der Waals surface area contributed by atoms with E-state index >= 15 is 0 Å². The summed E-state index contributed by atoms with van der Waals surface area (Å²) in [7, 11) is 4.76. The molecule has 2 aromatic heterocycles. The molecule has 0 saturated heterocycles. The smallest absolute Gasteiger partial charge is 0.307 e. The molecule has 0 unspecified atom stereocenters. The van der Waals surface area contributed by atoms with Gasteiger partial charge in [0, 0.05) is 33.0 Å². The second kappa shape index (κ2) is 6.25. The molecule has 21 heavy (non-hydrogen) atoms. The van der Waals surface area contributed by atoms with Crippen LogP contribution in [-0.4, -0.2) is 51.8 Å². The van der Waals surface area contributed by atoms with Crippen molar-refractivity contribution in [1.29, 1.82) is 0 Å². The van der Waals surface area contributed by atoms with Crippen molar-refractivity contribution in [1.82, 2.24) is 19.2 Å². The van der Waals surface area contributed by atoms with Gasteiger partial charge in [-0.1, -0.05) is 0 Å². The second-order valence-corrected chi connectivity index (χ2v) is 4.65. The number of aryl methyl sites for hydroxylation is 1. The molecule has 112 valence electrons. The molecule has 0 fully saturated rings. The van der Waals surface area contributed by atoms with E-state index in [-0.39, 0.29) is 18.3 Å².